The van der Waals surface area contributed by atoms with Crippen LogP contribution in [0.1, 0.15) is 31.2 Å². The maximum absolute atomic E-state index is 5.79. The van der Waals surface area contributed by atoms with E-state index in [4.69, 9.17) is 5.84 Å². The van der Waals surface area contributed by atoms with Gasteiger partial charge in [0.25, 0.3) is 0 Å². The third-order valence-corrected chi connectivity index (χ3v) is 5.24. The first-order valence-corrected chi connectivity index (χ1v) is 7.79. The molecule has 1 aromatic rings. The van der Waals surface area contributed by atoms with Gasteiger partial charge in [0.15, 0.2) is 0 Å². The van der Waals surface area contributed by atoms with Crippen LogP contribution in [0.2, 0.25) is 0 Å². The van der Waals surface area contributed by atoms with E-state index in [-0.39, 0.29) is 0 Å². The Hall–Kier alpha value is -0.380. The molecule has 0 heterocycles. The maximum atomic E-state index is 5.79. The molecule has 3 N–H and O–H groups in total. The van der Waals surface area contributed by atoms with E-state index >= 15 is 0 Å². The molecular formula is C15H21BrN2. The zero-order valence-corrected chi connectivity index (χ0v) is 12.2. The molecule has 0 radical (unpaired) electrons. The fraction of sp³-hybridized carbons (Fsp3) is 0.600. The molecule has 2 aliphatic carbocycles. The van der Waals surface area contributed by atoms with Gasteiger partial charge in [0.2, 0.25) is 0 Å². The van der Waals surface area contributed by atoms with Gasteiger partial charge in [0.1, 0.15) is 0 Å². The van der Waals surface area contributed by atoms with Gasteiger partial charge in [-0.25, -0.2) is 0 Å². The van der Waals surface area contributed by atoms with E-state index in [0.29, 0.717) is 6.04 Å². The van der Waals surface area contributed by atoms with Crippen LogP contribution in [0.5, 0.6) is 0 Å². The summed E-state index contributed by atoms with van der Waals surface area (Å²) in [4.78, 5) is 0. The first-order chi connectivity index (χ1) is 8.79. The number of nitrogens with two attached hydrogens (primary N) is 1. The van der Waals surface area contributed by atoms with Gasteiger partial charge in [-0.15, -0.1) is 0 Å². The number of nitrogens with one attached hydrogen (secondary N) is 1. The van der Waals surface area contributed by atoms with Crippen LogP contribution >= 0.6 is 15.9 Å². The molecule has 3 unspecified atom stereocenters. The fourth-order valence-corrected chi connectivity index (χ4v) is 4.32. The van der Waals surface area contributed by atoms with Crippen molar-refractivity contribution in [2.24, 2.45) is 23.6 Å². The van der Waals surface area contributed by atoms with Crippen molar-refractivity contribution in [1.29, 1.82) is 0 Å². The molecule has 3 atom stereocenters. The second-order valence-corrected chi connectivity index (χ2v) is 6.71. The molecule has 0 aromatic heterocycles. The van der Waals surface area contributed by atoms with E-state index in [1.807, 2.05) is 0 Å². The molecule has 0 saturated heterocycles. The maximum Gasteiger partial charge on any atom is 0.0284 e. The monoisotopic (exact) mass is 308 g/mol. The molecule has 0 bridgehead atoms. The van der Waals surface area contributed by atoms with Crippen molar-refractivity contribution < 1.29 is 0 Å². The highest BCUT2D eigenvalue weighted by atomic mass is 79.9. The topological polar surface area (TPSA) is 38.0 Å². The van der Waals surface area contributed by atoms with Crippen molar-refractivity contribution in [2.75, 3.05) is 0 Å². The van der Waals surface area contributed by atoms with Crippen LogP contribution in [0.3, 0.4) is 0 Å². The van der Waals surface area contributed by atoms with Gasteiger partial charge in [0, 0.05) is 10.5 Å². The summed E-state index contributed by atoms with van der Waals surface area (Å²) in [6.07, 6.45) is 6.74. The lowest BCUT2D eigenvalue weighted by atomic mass is 10.0. The Balaban J connectivity index is 1.66. The highest BCUT2D eigenvalue weighted by Gasteiger charge is 2.53. The molecule has 98 valence electrons. The van der Waals surface area contributed by atoms with Crippen molar-refractivity contribution in [3.63, 3.8) is 0 Å². The lowest BCUT2D eigenvalue weighted by Gasteiger charge is -2.16. The van der Waals surface area contributed by atoms with Crippen molar-refractivity contribution in [2.45, 2.75) is 38.1 Å². The van der Waals surface area contributed by atoms with Crippen molar-refractivity contribution in [1.82, 2.24) is 5.43 Å². The summed E-state index contributed by atoms with van der Waals surface area (Å²) in [7, 11) is 0. The van der Waals surface area contributed by atoms with E-state index < -0.39 is 0 Å². The lowest BCUT2D eigenvalue weighted by molar-refractivity contribution is 0.437. The molecule has 2 nitrogen and oxygen atoms in total. The van der Waals surface area contributed by atoms with Crippen molar-refractivity contribution in [3.05, 3.63) is 34.3 Å². The molecule has 0 amide bonds. The molecule has 2 aliphatic rings. The van der Waals surface area contributed by atoms with Crippen LogP contribution in [0, 0.1) is 17.8 Å². The number of fused-ring (bicyclic) bond motifs is 1. The number of rotatable bonds is 4. The molecule has 18 heavy (non-hydrogen) atoms. The molecule has 3 rings (SSSR count). The Kier molecular flexibility index (Phi) is 3.73. The minimum absolute atomic E-state index is 0.451. The zero-order valence-electron chi connectivity index (χ0n) is 10.6. The van der Waals surface area contributed by atoms with Gasteiger partial charge < -0.3 is 0 Å². The normalized spacial score (nSPS) is 31.8. The third kappa shape index (κ3) is 2.49. The van der Waals surface area contributed by atoms with Gasteiger partial charge in [-0.1, -0.05) is 40.9 Å². The first-order valence-electron chi connectivity index (χ1n) is 7.00. The zero-order chi connectivity index (χ0) is 12.5. The quantitative estimate of drug-likeness (QED) is 0.662. The molecule has 2 fully saturated rings. The Labute approximate surface area is 117 Å². The van der Waals surface area contributed by atoms with Crippen LogP contribution in [-0.4, -0.2) is 6.04 Å². The lowest BCUT2D eigenvalue weighted by Crippen LogP contribution is -2.39. The summed E-state index contributed by atoms with van der Waals surface area (Å²) < 4.78 is 1.16. The Morgan fingerprint density at radius 3 is 2.61 bits per heavy atom. The van der Waals surface area contributed by atoms with Crippen molar-refractivity contribution in [3.8, 4) is 0 Å². The average molecular weight is 309 g/mol. The van der Waals surface area contributed by atoms with Gasteiger partial charge >= 0.3 is 0 Å². The fourth-order valence-electron chi connectivity index (χ4n) is 3.87. The summed E-state index contributed by atoms with van der Waals surface area (Å²) in [5, 5.41) is 0. The second kappa shape index (κ2) is 5.32. The van der Waals surface area contributed by atoms with E-state index in [2.05, 4.69) is 45.6 Å². The number of benzene rings is 1. The Morgan fingerprint density at radius 2 is 2.00 bits per heavy atom. The van der Waals surface area contributed by atoms with Crippen molar-refractivity contribution >= 4 is 15.9 Å². The standard InChI is InChI=1S/C15H21BrN2/c16-11-5-3-4-10(8-11)9-14(18-17)15-12-6-1-2-7-13(12)15/h3-5,8,12-15,18H,1-2,6-7,9,17H2. The van der Waals surface area contributed by atoms with Gasteiger partial charge in [-0.2, -0.15) is 0 Å². The average Bonchev–Trinajstić information content (AvgIpc) is 3.10. The SMILES string of the molecule is NNC(Cc1cccc(Br)c1)C1C2CCCCC21. The Bertz CT molecular complexity index is 409. The number of hydrogen-bond donors (Lipinski definition) is 2. The molecule has 0 spiro atoms. The number of halogens is 1. The molecular weight excluding hydrogens is 288 g/mol. The molecule has 3 heteroatoms. The van der Waals surface area contributed by atoms with E-state index in [9.17, 15) is 0 Å². The van der Waals surface area contributed by atoms with Crippen LogP contribution in [0.25, 0.3) is 0 Å². The van der Waals surface area contributed by atoms with Gasteiger partial charge in [0.05, 0.1) is 0 Å². The van der Waals surface area contributed by atoms with E-state index in [1.54, 1.807) is 0 Å². The largest absolute Gasteiger partial charge is 0.271 e. The predicted octanol–water partition coefficient (Wildman–Crippen LogP) is 3.26. The molecule has 1 aromatic carbocycles. The van der Waals surface area contributed by atoms with Crippen LogP contribution in [0.4, 0.5) is 0 Å². The van der Waals surface area contributed by atoms with Crippen LogP contribution < -0.4 is 11.3 Å². The minimum atomic E-state index is 0.451. The van der Waals surface area contributed by atoms with E-state index in [0.717, 1.165) is 28.6 Å². The van der Waals surface area contributed by atoms with E-state index in [1.165, 1.54) is 31.2 Å². The molecule has 0 aliphatic heterocycles. The molecule has 2 saturated carbocycles. The Morgan fingerprint density at radius 1 is 1.28 bits per heavy atom. The number of hydrazine groups is 1. The minimum Gasteiger partial charge on any atom is -0.271 e. The van der Waals surface area contributed by atoms with Gasteiger partial charge in [-0.3, -0.25) is 11.3 Å². The first kappa shape index (κ1) is 12.6. The smallest absolute Gasteiger partial charge is 0.0284 e. The van der Waals surface area contributed by atoms with Crippen LogP contribution in [0.15, 0.2) is 28.7 Å². The third-order valence-electron chi connectivity index (χ3n) is 4.75. The summed E-state index contributed by atoms with van der Waals surface area (Å²) in [5.74, 6) is 8.51. The van der Waals surface area contributed by atoms with Crippen LogP contribution in [-0.2, 0) is 6.42 Å². The highest BCUT2D eigenvalue weighted by Crippen LogP contribution is 2.57. The van der Waals surface area contributed by atoms with Gasteiger partial charge in [-0.05, 0) is 54.7 Å². The highest BCUT2D eigenvalue weighted by molar-refractivity contribution is 9.10. The predicted molar refractivity (Wildman–Crippen MR) is 77.9 cm³/mol. The number of hydrogen-bond acceptors (Lipinski definition) is 2. The summed E-state index contributed by atoms with van der Waals surface area (Å²) in [5.41, 5.74) is 4.44. The second-order valence-electron chi connectivity index (χ2n) is 5.80. The summed E-state index contributed by atoms with van der Waals surface area (Å²) >= 11 is 3.54. The summed E-state index contributed by atoms with van der Waals surface area (Å²) in [6, 6.07) is 9.03. The summed E-state index contributed by atoms with van der Waals surface area (Å²) in [6.45, 7) is 0.